The second-order valence-electron chi connectivity index (χ2n) is 4.54. The highest BCUT2D eigenvalue weighted by atomic mass is 16.5. The van der Waals surface area contributed by atoms with Gasteiger partial charge in [0.25, 0.3) is 5.91 Å². The molecule has 0 bridgehead atoms. The molecular formula is C15H24N2O2. The van der Waals surface area contributed by atoms with E-state index in [1.54, 1.807) is 7.11 Å². The van der Waals surface area contributed by atoms with Gasteiger partial charge in [-0.05, 0) is 24.1 Å². The average Bonchev–Trinajstić information content (AvgIpc) is 2.47. The Morgan fingerprint density at radius 2 is 1.95 bits per heavy atom. The predicted molar refractivity (Wildman–Crippen MR) is 77.0 cm³/mol. The van der Waals surface area contributed by atoms with Gasteiger partial charge < -0.3 is 15.4 Å². The summed E-state index contributed by atoms with van der Waals surface area (Å²) in [6, 6.07) is 7.50. The van der Waals surface area contributed by atoms with Crippen LogP contribution in [0.4, 0.5) is 0 Å². The lowest BCUT2D eigenvalue weighted by Crippen LogP contribution is -2.34. The fourth-order valence-electron chi connectivity index (χ4n) is 1.83. The van der Waals surface area contributed by atoms with E-state index in [0.717, 1.165) is 24.9 Å². The minimum Gasteiger partial charge on any atom is -0.383 e. The van der Waals surface area contributed by atoms with Crippen LogP contribution in [0, 0.1) is 0 Å². The molecule has 0 fully saturated rings. The molecule has 2 N–H and O–H groups in total. The van der Waals surface area contributed by atoms with Gasteiger partial charge in [-0.25, -0.2) is 0 Å². The standard InChI is InChI=1S/C15H24N2O2/c1-3-4-9-17(10-11-19-2)15(18)14-7-5-13(12-16)6-8-14/h5-8H,3-4,9-12,16H2,1-2H3. The molecular weight excluding hydrogens is 240 g/mol. The van der Waals surface area contributed by atoms with E-state index in [9.17, 15) is 4.79 Å². The molecule has 1 amide bonds. The number of methoxy groups -OCH3 is 1. The Morgan fingerprint density at radius 3 is 2.47 bits per heavy atom. The Hall–Kier alpha value is -1.39. The summed E-state index contributed by atoms with van der Waals surface area (Å²) >= 11 is 0. The molecule has 19 heavy (non-hydrogen) atoms. The van der Waals surface area contributed by atoms with Crippen LogP contribution in [0.1, 0.15) is 35.7 Å². The van der Waals surface area contributed by atoms with E-state index in [-0.39, 0.29) is 5.91 Å². The number of carbonyl (C=O) groups excluding carboxylic acids is 1. The average molecular weight is 264 g/mol. The molecule has 0 heterocycles. The number of hydrogen-bond acceptors (Lipinski definition) is 3. The van der Waals surface area contributed by atoms with Gasteiger partial charge in [0, 0.05) is 32.3 Å². The van der Waals surface area contributed by atoms with Crippen molar-refractivity contribution in [2.24, 2.45) is 5.73 Å². The zero-order valence-corrected chi connectivity index (χ0v) is 11.9. The molecule has 0 aromatic heterocycles. The second-order valence-corrected chi connectivity index (χ2v) is 4.54. The molecule has 0 aliphatic heterocycles. The van der Waals surface area contributed by atoms with Crippen LogP contribution in [-0.4, -0.2) is 37.6 Å². The molecule has 0 atom stereocenters. The van der Waals surface area contributed by atoms with E-state index >= 15 is 0 Å². The van der Waals surface area contributed by atoms with E-state index < -0.39 is 0 Å². The molecule has 0 saturated carbocycles. The molecule has 0 saturated heterocycles. The van der Waals surface area contributed by atoms with Crippen LogP contribution in [-0.2, 0) is 11.3 Å². The van der Waals surface area contributed by atoms with Crippen LogP contribution in [0.25, 0.3) is 0 Å². The van der Waals surface area contributed by atoms with Crippen molar-refractivity contribution in [3.05, 3.63) is 35.4 Å². The van der Waals surface area contributed by atoms with Gasteiger partial charge in [-0.2, -0.15) is 0 Å². The van der Waals surface area contributed by atoms with Crippen LogP contribution in [0.5, 0.6) is 0 Å². The predicted octanol–water partition coefficient (Wildman–Crippen LogP) is 2.03. The van der Waals surface area contributed by atoms with Gasteiger partial charge in [-0.3, -0.25) is 4.79 Å². The fraction of sp³-hybridized carbons (Fsp3) is 0.533. The molecule has 0 unspecified atom stereocenters. The van der Waals surface area contributed by atoms with Crippen molar-refractivity contribution < 1.29 is 9.53 Å². The van der Waals surface area contributed by atoms with E-state index in [2.05, 4.69) is 6.92 Å². The summed E-state index contributed by atoms with van der Waals surface area (Å²) in [7, 11) is 1.65. The van der Waals surface area contributed by atoms with Gasteiger partial charge in [-0.15, -0.1) is 0 Å². The molecule has 0 spiro atoms. The summed E-state index contributed by atoms with van der Waals surface area (Å²) in [5, 5.41) is 0. The number of ether oxygens (including phenoxy) is 1. The maximum atomic E-state index is 12.4. The summed E-state index contributed by atoms with van der Waals surface area (Å²) in [5.74, 6) is 0.0640. The lowest BCUT2D eigenvalue weighted by molar-refractivity contribution is 0.0693. The Morgan fingerprint density at radius 1 is 1.26 bits per heavy atom. The van der Waals surface area contributed by atoms with Gasteiger partial charge in [0.2, 0.25) is 0 Å². The summed E-state index contributed by atoms with van der Waals surface area (Å²) in [6.07, 6.45) is 2.08. The van der Waals surface area contributed by atoms with Crippen molar-refractivity contribution in [1.29, 1.82) is 0 Å². The van der Waals surface area contributed by atoms with Crippen LogP contribution in [0.15, 0.2) is 24.3 Å². The third-order valence-electron chi connectivity index (χ3n) is 3.07. The van der Waals surface area contributed by atoms with Crippen molar-refractivity contribution in [3.8, 4) is 0 Å². The minimum atomic E-state index is 0.0640. The third-order valence-corrected chi connectivity index (χ3v) is 3.07. The quantitative estimate of drug-likeness (QED) is 0.781. The fourth-order valence-corrected chi connectivity index (χ4v) is 1.83. The number of benzene rings is 1. The number of hydrogen-bond donors (Lipinski definition) is 1. The van der Waals surface area contributed by atoms with Crippen molar-refractivity contribution in [3.63, 3.8) is 0 Å². The van der Waals surface area contributed by atoms with Crippen molar-refractivity contribution in [2.75, 3.05) is 26.8 Å². The van der Waals surface area contributed by atoms with E-state index in [0.29, 0.717) is 25.3 Å². The molecule has 0 aliphatic rings. The van der Waals surface area contributed by atoms with Gasteiger partial charge in [0.15, 0.2) is 0 Å². The van der Waals surface area contributed by atoms with Crippen LogP contribution >= 0.6 is 0 Å². The highest BCUT2D eigenvalue weighted by Gasteiger charge is 2.14. The highest BCUT2D eigenvalue weighted by molar-refractivity contribution is 5.94. The minimum absolute atomic E-state index is 0.0640. The summed E-state index contributed by atoms with van der Waals surface area (Å²) in [5.41, 5.74) is 7.30. The number of rotatable bonds is 8. The van der Waals surface area contributed by atoms with E-state index in [4.69, 9.17) is 10.5 Å². The van der Waals surface area contributed by atoms with Crippen LogP contribution in [0.2, 0.25) is 0 Å². The molecule has 1 aromatic rings. The molecule has 1 aromatic carbocycles. The number of amides is 1. The Balaban J connectivity index is 2.72. The number of carbonyl (C=O) groups is 1. The summed E-state index contributed by atoms with van der Waals surface area (Å²) in [6.45, 7) is 4.59. The second kappa shape index (κ2) is 8.67. The van der Waals surface area contributed by atoms with Crippen LogP contribution in [0.3, 0.4) is 0 Å². The zero-order valence-electron chi connectivity index (χ0n) is 11.9. The largest absolute Gasteiger partial charge is 0.383 e. The smallest absolute Gasteiger partial charge is 0.253 e. The Bertz CT molecular complexity index is 368. The maximum Gasteiger partial charge on any atom is 0.253 e. The van der Waals surface area contributed by atoms with Crippen molar-refractivity contribution in [2.45, 2.75) is 26.3 Å². The Kier molecular flexibility index (Phi) is 7.15. The lowest BCUT2D eigenvalue weighted by atomic mass is 10.1. The summed E-state index contributed by atoms with van der Waals surface area (Å²) in [4.78, 5) is 14.2. The molecule has 106 valence electrons. The molecule has 0 radical (unpaired) electrons. The molecule has 0 aliphatic carbocycles. The first-order valence-electron chi connectivity index (χ1n) is 6.80. The number of nitrogens with two attached hydrogens (primary N) is 1. The van der Waals surface area contributed by atoms with Crippen molar-refractivity contribution >= 4 is 5.91 Å². The number of nitrogens with zero attached hydrogens (tertiary/aromatic N) is 1. The highest BCUT2D eigenvalue weighted by Crippen LogP contribution is 2.08. The lowest BCUT2D eigenvalue weighted by Gasteiger charge is -2.22. The van der Waals surface area contributed by atoms with Gasteiger partial charge in [0.1, 0.15) is 0 Å². The third kappa shape index (κ3) is 5.01. The molecule has 1 rings (SSSR count). The SMILES string of the molecule is CCCCN(CCOC)C(=O)c1ccc(CN)cc1. The first-order chi connectivity index (χ1) is 9.22. The van der Waals surface area contributed by atoms with Crippen molar-refractivity contribution in [1.82, 2.24) is 4.90 Å². The molecule has 4 heteroatoms. The van der Waals surface area contributed by atoms with Gasteiger partial charge in [0.05, 0.1) is 6.61 Å². The van der Waals surface area contributed by atoms with Gasteiger partial charge >= 0.3 is 0 Å². The van der Waals surface area contributed by atoms with E-state index in [1.807, 2.05) is 29.2 Å². The van der Waals surface area contributed by atoms with Gasteiger partial charge in [-0.1, -0.05) is 25.5 Å². The summed E-state index contributed by atoms with van der Waals surface area (Å²) < 4.78 is 5.06. The Labute approximate surface area is 115 Å². The first-order valence-corrected chi connectivity index (χ1v) is 6.80. The van der Waals surface area contributed by atoms with Crippen LogP contribution < -0.4 is 5.73 Å². The van der Waals surface area contributed by atoms with E-state index in [1.165, 1.54) is 0 Å². The first kappa shape index (κ1) is 15.7. The zero-order chi connectivity index (χ0) is 14.1. The monoisotopic (exact) mass is 264 g/mol. The maximum absolute atomic E-state index is 12.4. The molecule has 4 nitrogen and oxygen atoms in total. The topological polar surface area (TPSA) is 55.6 Å². The number of unbranched alkanes of at least 4 members (excludes halogenated alkanes) is 1. The normalized spacial score (nSPS) is 10.5.